The first kappa shape index (κ1) is 16.2. The highest BCUT2D eigenvalue weighted by molar-refractivity contribution is 9.10. The summed E-state index contributed by atoms with van der Waals surface area (Å²) in [5.41, 5.74) is 2.21. The number of aliphatic hydroxyl groups excluding tert-OH is 1. The molecule has 0 unspecified atom stereocenters. The van der Waals surface area contributed by atoms with Crippen LogP contribution in [0.5, 0.6) is 0 Å². The first-order valence-electron chi connectivity index (χ1n) is 6.36. The van der Waals surface area contributed by atoms with Gasteiger partial charge in [0.25, 0.3) is 0 Å². The van der Waals surface area contributed by atoms with E-state index in [0.717, 1.165) is 11.1 Å². The molecule has 0 saturated heterocycles. The van der Waals surface area contributed by atoms with E-state index in [9.17, 15) is 8.42 Å². The van der Waals surface area contributed by atoms with Crippen LogP contribution in [-0.2, 0) is 23.1 Å². The quantitative estimate of drug-likeness (QED) is 0.814. The van der Waals surface area contributed by atoms with Gasteiger partial charge in [-0.2, -0.15) is 0 Å². The molecule has 7 heteroatoms. The predicted molar refractivity (Wildman–Crippen MR) is 82.4 cm³/mol. The summed E-state index contributed by atoms with van der Waals surface area (Å²) >= 11 is 3.04. The Bertz CT molecular complexity index is 724. The van der Waals surface area contributed by atoms with Crippen LogP contribution in [0.3, 0.4) is 0 Å². The van der Waals surface area contributed by atoms with Gasteiger partial charge in [0.05, 0.1) is 0 Å². The van der Waals surface area contributed by atoms with Crippen LogP contribution in [0.25, 0.3) is 0 Å². The van der Waals surface area contributed by atoms with Crippen molar-refractivity contribution in [3.8, 4) is 0 Å². The number of rotatable bonds is 6. The summed E-state index contributed by atoms with van der Waals surface area (Å²) in [6.07, 6.45) is 0.600. The van der Waals surface area contributed by atoms with Gasteiger partial charge in [-0.3, -0.25) is 0 Å². The highest BCUT2D eigenvalue weighted by Gasteiger charge is 2.21. The van der Waals surface area contributed by atoms with Crippen molar-refractivity contribution < 1.29 is 17.9 Å². The Morgan fingerprint density at radius 3 is 2.71 bits per heavy atom. The van der Waals surface area contributed by atoms with Gasteiger partial charge in [0.1, 0.15) is 17.3 Å². The zero-order valence-electron chi connectivity index (χ0n) is 11.5. The van der Waals surface area contributed by atoms with Gasteiger partial charge in [-0.25, -0.2) is 13.1 Å². The second kappa shape index (κ2) is 6.74. The Kier molecular flexibility index (Phi) is 5.21. The van der Waals surface area contributed by atoms with Gasteiger partial charge in [0.2, 0.25) is 10.0 Å². The fraction of sp³-hybridized carbons (Fsp3) is 0.286. The molecular weight excluding hydrogens is 358 g/mol. The summed E-state index contributed by atoms with van der Waals surface area (Å²) in [6, 6.07) is 9.22. The highest BCUT2D eigenvalue weighted by Crippen LogP contribution is 2.25. The largest absolute Gasteiger partial charge is 0.450 e. The van der Waals surface area contributed by atoms with Crippen LogP contribution in [-0.4, -0.2) is 20.1 Å². The molecule has 5 nitrogen and oxygen atoms in total. The van der Waals surface area contributed by atoms with Gasteiger partial charge in [-0.15, -0.1) is 0 Å². The molecule has 2 aromatic rings. The zero-order valence-corrected chi connectivity index (χ0v) is 13.9. The summed E-state index contributed by atoms with van der Waals surface area (Å²) in [7, 11) is -3.66. The minimum atomic E-state index is -3.66. The van der Waals surface area contributed by atoms with E-state index in [-0.39, 0.29) is 28.5 Å². The van der Waals surface area contributed by atoms with Crippen molar-refractivity contribution in [1.82, 2.24) is 4.72 Å². The molecule has 0 bridgehead atoms. The van der Waals surface area contributed by atoms with Crippen LogP contribution in [0.15, 0.2) is 44.3 Å². The third-order valence-corrected chi connectivity index (χ3v) is 5.26. The van der Waals surface area contributed by atoms with Crippen molar-refractivity contribution in [3.05, 3.63) is 51.9 Å². The van der Waals surface area contributed by atoms with E-state index in [2.05, 4.69) is 20.7 Å². The van der Waals surface area contributed by atoms with Crippen LogP contribution >= 0.6 is 15.9 Å². The number of benzene rings is 1. The van der Waals surface area contributed by atoms with E-state index in [1.165, 1.54) is 6.07 Å². The van der Waals surface area contributed by atoms with Crippen LogP contribution < -0.4 is 4.72 Å². The molecule has 1 aromatic heterocycles. The molecule has 0 amide bonds. The number of nitrogens with one attached hydrogen (secondary N) is 1. The Balaban J connectivity index is 2.03. The third-order valence-electron chi connectivity index (χ3n) is 2.94. The molecule has 0 aliphatic heterocycles. The van der Waals surface area contributed by atoms with E-state index in [4.69, 9.17) is 9.52 Å². The topological polar surface area (TPSA) is 79.5 Å². The number of hydrogen-bond donors (Lipinski definition) is 2. The van der Waals surface area contributed by atoms with Crippen molar-refractivity contribution >= 4 is 26.0 Å². The molecule has 0 spiro atoms. The molecule has 0 saturated carbocycles. The second-order valence-electron chi connectivity index (χ2n) is 4.65. The lowest BCUT2D eigenvalue weighted by molar-refractivity contribution is 0.245. The Morgan fingerprint density at radius 1 is 1.33 bits per heavy atom. The van der Waals surface area contributed by atoms with E-state index in [1.54, 1.807) is 0 Å². The van der Waals surface area contributed by atoms with Gasteiger partial charge in [-0.1, -0.05) is 29.8 Å². The van der Waals surface area contributed by atoms with Crippen LogP contribution in [0.2, 0.25) is 0 Å². The molecular formula is C14H16BrNO4S. The van der Waals surface area contributed by atoms with Crippen molar-refractivity contribution in [2.75, 3.05) is 6.54 Å². The number of halogens is 1. The van der Waals surface area contributed by atoms with Crippen molar-refractivity contribution in [3.63, 3.8) is 0 Å². The lowest BCUT2D eigenvalue weighted by Gasteiger charge is -2.06. The fourth-order valence-corrected chi connectivity index (χ4v) is 3.96. The maximum Gasteiger partial charge on any atom is 0.244 e. The molecule has 114 valence electrons. The summed E-state index contributed by atoms with van der Waals surface area (Å²) in [5, 5.41) is 8.96. The maximum absolute atomic E-state index is 12.2. The van der Waals surface area contributed by atoms with Gasteiger partial charge < -0.3 is 9.52 Å². The number of furan rings is 1. The van der Waals surface area contributed by atoms with Gasteiger partial charge in [0, 0.05) is 12.6 Å². The molecule has 0 atom stereocenters. The second-order valence-corrected chi connectivity index (χ2v) is 7.10. The number of aliphatic hydroxyl groups is 1. The third kappa shape index (κ3) is 4.16. The van der Waals surface area contributed by atoms with Gasteiger partial charge in [-0.05, 0) is 34.8 Å². The number of aryl methyl sites for hydroxylation is 1. The van der Waals surface area contributed by atoms with Crippen molar-refractivity contribution in [2.45, 2.75) is 24.8 Å². The molecule has 2 N–H and O–H groups in total. The Hall–Kier alpha value is -1.15. The molecule has 1 aromatic carbocycles. The van der Waals surface area contributed by atoms with E-state index >= 15 is 0 Å². The van der Waals surface area contributed by atoms with Gasteiger partial charge >= 0.3 is 0 Å². The summed E-state index contributed by atoms with van der Waals surface area (Å²) in [4.78, 5) is -0.00390. The van der Waals surface area contributed by atoms with Crippen molar-refractivity contribution in [2.24, 2.45) is 0 Å². The first-order chi connectivity index (χ1) is 9.92. The SMILES string of the molecule is Cc1cccc(CCNS(=O)(=O)c2cc(CO)oc2Br)c1. The molecule has 0 fully saturated rings. The Labute approximate surface area is 132 Å². The molecule has 0 radical (unpaired) electrons. The smallest absolute Gasteiger partial charge is 0.244 e. The molecule has 0 aliphatic carbocycles. The average molecular weight is 374 g/mol. The highest BCUT2D eigenvalue weighted by atomic mass is 79.9. The zero-order chi connectivity index (χ0) is 15.5. The summed E-state index contributed by atoms with van der Waals surface area (Å²) in [5.74, 6) is 0.195. The van der Waals surface area contributed by atoms with Crippen molar-refractivity contribution in [1.29, 1.82) is 0 Å². The molecule has 0 aliphatic rings. The van der Waals surface area contributed by atoms with E-state index in [0.29, 0.717) is 6.42 Å². The summed E-state index contributed by atoms with van der Waals surface area (Å²) < 4.78 is 32.0. The van der Waals surface area contributed by atoms with E-state index < -0.39 is 10.0 Å². The molecule has 2 rings (SSSR count). The average Bonchev–Trinajstić information content (AvgIpc) is 2.81. The van der Waals surface area contributed by atoms with Crippen LogP contribution in [0.1, 0.15) is 16.9 Å². The minimum absolute atomic E-state index is 0.00390. The lowest BCUT2D eigenvalue weighted by Crippen LogP contribution is -2.25. The first-order valence-corrected chi connectivity index (χ1v) is 8.64. The lowest BCUT2D eigenvalue weighted by atomic mass is 10.1. The number of hydrogen-bond acceptors (Lipinski definition) is 4. The number of sulfonamides is 1. The normalized spacial score (nSPS) is 11.8. The minimum Gasteiger partial charge on any atom is -0.450 e. The molecule has 21 heavy (non-hydrogen) atoms. The van der Waals surface area contributed by atoms with E-state index in [1.807, 2.05) is 31.2 Å². The Morgan fingerprint density at radius 2 is 2.10 bits per heavy atom. The fourth-order valence-electron chi connectivity index (χ4n) is 1.93. The van der Waals surface area contributed by atoms with Crippen LogP contribution in [0, 0.1) is 6.92 Å². The maximum atomic E-state index is 12.2. The standard InChI is InChI=1S/C14H16BrNO4S/c1-10-3-2-4-11(7-10)5-6-16-21(18,19)13-8-12(9-17)20-14(13)15/h2-4,7-8,16-17H,5-6,9H2,1H3. The molecule has 1 heterocycles. The monoisotopic (exact) mass is 373 g/mol. The predicted octanol–water partition coefficient (Wildman–Crippen LogP) is 2.36. The van der Waals surface area contributed by atoms with Crippen LogP contribution in [0.4, 0.5) is 0 Å². The van der Waals surface area contributed by atoms with Gasteiger partial charge in [0.15, 0.2) is 4.67 Å². The summed E-state index contributed by atoms with van der Waals surface area (Å²) in [6.45, 7) is 1.93.